The lowest BCUT2D eigenvalue weighted by molar-refractivity contribution is -0.119. The minimum absolute atomic E-state index is 0.0150. The third-order valence-corrected chi connectivity index (χ3v) is 5.66. The summed E-state index contributed by atoms with van der Waals surface area (Å²) in [5.74, 6) is 0.888. The lowest BCUT2D eigenvalue weighted by Crippen LogP contribution is -2.45. The molecule has 1 aliphatic carbocycles. The van der Waals surface area contributed by atoms with E-state index in [0.717, 1.165) is 44.2 Å². The highest BCUT2D eigenvalue weighted by molar-refractivity contribution is 5.92. The number of carbonyl (C=O) groups is 1. The minimum Gasteiger partial charge on any atom is -0.381 e. The van der Waals surface area contributed by atoms with Crippen LogP contribution in [-0.4, -0.2) is 52.9 Å². The standard InChI is InChI=1S/C17H26N4O2/c22-17(13-7-11-23-12-13)19-16-4-8-18-21(16)15-5-9-20(10-6-15)14-2-1-3-14/h4,8,13-15H,1-3,5-7,9-12H2,(H,19,22)/t13-/m0/s1. The Morgan fingerprint density at radius 3 is 2.65 bits per heavy atom. The number of hydrogen-bond donors (Lipinski definition) is 1. The summed E-state index contributed by atoms with van der Waals surface area (Å²) in [5, 5.41) is 7.53. The topological polar surface area (TPSA) is 59.4 Å². The number of hydrogen-bond acceptors (Lipinski definition) is 4. The number of amides is 1. The van der Waals surface area contributed by atoms with E-state index < -0.39 is 0 Å². The number of anilines is 1. The van der Waals surface area contributed by atoms with E-state index in [-0.39, 0.29) is 11.8 Å². The Labute approximate surface area is 137 Å². The van der Waals surface area contributed by atoms with E-state index in [1.807, 2.05) is 10.7 Å². The summed E-state index contributed by atoms with van der Waals surface area (Å²) in [5.41, 5.74) is 0. The zero-order valence-corrected chi connectivity index (χ0v) is 13.6. The highest BCUT2D eigenvalue weighted by atomic mass is 16.5. The van der Waals surface area contributed by atoms with Crippen molar-refractivity contribution in [2.75, 3.05) is 31.6 Å². The Hall–Kier alpha value is -1.40. The SMILES string of the molecule is O=C(Nc1ccnn1C1CCN(C2CCC2)CC1)[C@H]1CCOC1. The van der Waals surface area contributed by atoms with Crippen molar-refractivity contribution < 1.29 is 9.53 Å². The van der Waals surface area contributed by atoms with E-state index in [1.54, 1.807) is 6.20 Å². The molecule has 0 bridgehead atoms. The summed E-state index contributed by atoms with van der Waals surface area (Å²) in [6.45, 7) is 3.54. The van der Waals surface area contributed by atoms with E-state index in [9.17, 15) is 4.79 Å². The van der Waals surface area contributed by atoms with Crippen molar-refractivity contribution in [3.63, 3.8) is 0 Å². The lowest BCUT2D eigenvalue weighted by atomic mass is 9.89. The number of likely N-dealkylation sites (tertiary alicyclic amines) is 1. The van der Waals surface area contributed by atoms with Gasteiger partial charge in [0, 0.05) is 31.8 Å². The van der Waals surface area contributed by atoms with Crippen LogP contribution < -0.4 is 5.32 Å². The van der Waals surface area contributed by atoms with Gasteiger partial charge in [0.05, 0.1) is 24.8 Å². The molecule has 1 aromatic rings. The van der Waals surface area contributed by atoms with Crippen LogP contribution in [0.5, 0.6) is 0 Å². The average molecular weight is 318 g/mol. The predicted octanol–water partition coefficient (Wildman–Crippen LogP) is 2.05. The molecule has 6 heteroatoms. The minimum atomic E-state index is -0.0150. The molecule has 4 rings (SSSR count). The Bertz CT molecular complexity index is 541. The van der Waals surface area contributed by atoms with Gasteiger partial charge < -0.3 is 15.0 Å². The number of carbonyl (C=O) groups excluding carboxylic acids is 1. The number of aromatic nitrogens is 2. The summed E-state index contributed by atoms with van der Waals surface area (Å²) < 4.78 is 7.33. The molecule has 0 unspecified atom stereocenters. The van der Waals surface area contributed by atoms with Crippen molar-refractivity contribution in [3.8, 4) is 0 Å². The second-order valence-electron chi connectivity index (χ2n) is 7.06. The molecule has 126 valence electrons. The van der Waals surface area contributed by atoms with Crippen LogP contribution in [0.3, 0.4) is 0 Å². The van der Waals surface area contributed by atoms with Crippen LogP contribution >= 0.6 is 0 Å². The summed E-state index contributed by atoms with van der Waals surface area (Å²) in [7, 11) is 0. The monoisotopic (exact) mass is 318 g/mol. The zero-order valence-electron chi connectivity index (χ0n) is 13.6. The summed E-state index contributed by atoms with van der Waals surface area (Å²) in [6, 6.07) is 3.14. The normalized spacial score (nSPS) is 27.0. The lowest BCUT2D eigenvalue weighted by Gasteiger charge is -2.41. The molecule has 0 aromatic carbocycles. The first-order valence-electron chi connectivity index (χ1n) is 8.97. The van der Waals surface area contributed by atoms with Crippen LogP contribution in [0.25, 0.3) is 0 Å². The van der Waals surface area contributed by atoms with Gasteiger partial charge in [-0.1, -0.05) is 6.42 Å². The Kier molecular flexibility index (Phi) is 4.35. The van der Waals surface area contributed by atoms with Gasteiger partial charge in [-0.05, 0) is 32.1 Å². The quantitative estimate of drug-likeness (QED) is 0.923. The van der Waals surface area contributed by atoms with Gasteiger partial charge in [0.1, 0.15) is 5.82 Å². The number of ether oxygens (including phenoxy) is 1. The third kappa shape index (κ3) is 3.15. The number of nitrogens with zero attached hydrogens (tertiary/aromatic N) is 3. The van der Waals surface area contributed by atoms with Gasteiger partial charge in [0.25, 0.3) is 0 Å². The van der Waals surface area contributed by atoms with Gasteiger partial charge in [-0.25, -0.2) is 4.68 Å². The fraction of sp³-hybridized carbons (Fsp3) is 0.765. The van der Waals surface area contributed by atoms with Gasteiger partial charge in [-0.2, -0.15) is 5.10 Å². The molecule has 3 heterocycles. The molecule has 3 fully saturated rings. The second-order valence-corrected chi connectivity index (χ2v) is 7.06. The first kappa shape index (κ1) is 15.1. The van der Waals surface area contributed by atoms with E-state index in [0.29, 0.717) is 19.3 Å². The maximum Gasteiger partial charge on any atom is 0.231 e. The number of nitrogens with one attached hydrogen (secondary N) is 1. The fourth-order valence-corrected chi connectivity index (χ4v) is 3.92. The molecule has 23 heavy (non-hydrogen) atoms. The summed E-state index contributed by atoms with van der Waals surface area (Å²) in [4.78, 5) is 14.9. The van der Waals surface area contributed by atoms with Crippen molar-refractivity contribution in [2.45, 2.75) is 50.6 Å². The van der Waals surface area contributed by atoms with Crippen molar-refractivity contribution in [3.05, 3.63) is 12.3 Å². The van der Waals surface area contributed by atoms with Gasteiger partial charge in [0.2, 0.25) is 5.91 Å². The van der Waals surface area contributed by atoms with Gasteiger partial charge >= 0.3 is 0 Å². The molecule has 0 spiro atoms. The van der Waals surface area contributed by atoms with Crippen LogP contribution in [0.15, 0.2) is 12.3 Å². The summed E-state index contributed by atoms with van der Waals surface area (Å²) >= 11 is 0. The average Bonchev–Trinajstić information content (AvgIpc) is 3.17. The van der Waals surface area contributed by atoms with E-state index in [2.05, 4.69) is 15.3 Å². The maximum atomic E-state index is 12.3. The van der Waals surface area contributed by atoms with Gasteiger partial charge in [-0.15, -0.1) is 0 Å². The largest absolute Gasteiger partial charge is 0.381 e. The molecule has 1 atom stereocenters. The zero-order chi connectivity index (χ0) is 15.6. The third-order valence-electron chi connectivity index (χ3n) is 5.66. The van der Waals surface area contributed by atoms with E-state index >= 15 is 0 Å². The van der Waals surface area contributed by atoms with Crippen LogP contribution in [0.2, 0.25) is 0 Å². The summed E-state index contributed by atoms with van der Waals surface area (Å²) in [6.07, 6.45) is 8.99. The number of piperidine rings is 1. The van der Waals surface area contributed by atoms with E-state index in [1.165, 1.54) is 19.3 Å². The van der Waals surface area contributed by atoms with Crippen LogP contribution in [-0.2, 0) is 9.53 Å². The second kappa shape index (κ2) is 6.61. The van der Waals surface area contributed by atoms with Crippen LogP contribution in [0, 0.1) is 5.92 Å². The highest BCUT2D eigenvalue weighted by Crippen LogP contribution is 2.31. The predicted molar refractivity (Wildman–Crippen MR) is 87.3 cm³/mol. The molecule has 1 saturated carbocycles. The first-order chi connectivity index (χ1) is 11.3. The Morgan fingerprint density at radius 1 is 1.17 bits per heavy atom. The van der Waals surface area contributed by atoms with Crippen molar-refractivity contribution in [1.29, 1.82) is 0 Å². The van der Waals surface area contributed by atoms with Crippen molar-refractivity contribution in [1.82, 2.24) is 14.7 Å². The Morgan fingerprint density at radius 2 is 2.00 bits per heavy atom. The highest BCUT2D eigenvalue weighted by Gasteiger charge is 2.30. The van der Waals surface area contributed by atoms with Crippen molar-refractivity contribution >= 4 is 11.7 Å². The molecule has 3 aliphatic rings. The maximum absolute atomic E-state index is 12.3. The molecule has 1 aromatic heterocycles. The smallest absolute Gasteiger partial charge is 0.231 e. The first-order valence-corrected chi connectivity index (χ1v) is 8.97. The van der Waals surface area contributed by atoms with E-state index in [4.69, 9.17) is 4.74 Å². The molecular weight excluding hydrogens is 292 g/mol. The van der Waals surface area contributed by atoms with Crippen LogP contribution in [0.4, 0.5) is 5.82 Å². The van der Waals surface area contributed by atoms with Gasteiger partial charge in [0.15, 0.2) is 0 Å². The number of rotatable bonds is 4. The molecule has 1 amide bonds. The molecule has 1 N–H and O–H groups in total. The molecule has 2 saturated heterocycles. The fourth-order valence-electron chi connectivity index (χ4n) is 3.92. The van der Waals surface area contributed by atoms with Gasteiger partial charge in [-0.3, -0.25) is 4.79 Å². The van der Waals surface area contributed by atoms with Crippen molar-refractivity contribution in [2.24, 2.45) is 5.92 Å². The molecular formula is C17H26N4O2. The molecule has 0 radical (unpaired) electrons. The van der Waals surface area contributed by atoms with Crippen LogP contribution in [0.1, 0.15) is 44.6 Å². The molecule has 6 nitrogen and oxygen atoms in total. The Balaban J connectivity index is 1.36. The molecule has 2 aliphatic heterocycles.